The second-order valence-corrected chi connectivity index (χ2v) is 5.61. The molecule has 0 radical (unpaired) electrons. The third-order valence-electron chi connectivity index (χ3n) is 3.70. The third-order valence-corrected chi connectivity index (χ3v) is 3.70. The van der Waals surface area contributed by atoms with Gasteiger partial charge in [-0.25, -0.2) is 9.97 Å². The average molecular weight is 335 g/mol. The maximum atomic E-state index is 13.1. The first-order valence-corrected chi connectivity index (χ1v) is 7.39. The number of pyridine rings is 1. The Morgan fingerprint density at radius 1 is 1.17 bits per heavy atom. The fourth-order valence-corrected chi connectivity index (χ4v) is 2.50. The fraction of sp³-hybridized carbons (Fsp3) is 0.312. The molecule has 0 saturated carbocycles. The van der Waals surface area contributed by atoms with Crippen LogP contribution in [-0.4, -0.2) is 33.5 Å². The minimum atomic E-state index is -4.59. The normalized spacial score (nSPS) is 11.9. The van der Waals surface area contributed by atoms with Gasteiger partial charge in [0, 0.05) is 31.7 Å². The lowest BCUT2D eigenvalue weighted by molar-refractivity contribution is -0.144. The van der Waals surface area contributed by atoms with Crippen LogP contribution in [0.5, 0.6) is 0 Å². The molecule has 0 aliphatic rings. The molecule has 8 heteroatoms. The molecule has 0 atom stereocenters. The molecule has 0 bridgehead atoms. The van der Waals surface area contributed by atoms with E-state index in [1.165, 1.54) is 0 Å². The van der Waals surface area contributed by atoms with E-state index in [0.717, 1.165) is 11.3 Å². The van der Waals surface area contributed by atoms with Crippen molar-refractivity contribution in [3.63, 3.8) is 0 Å². The number of fused-ring (bicyclic) bond motifs is 1. The lowest BCUT2D eigenvalue weighted by Gasteiger charge is -2.20. The molecule has 1 N–H and O–H groups in total. The number of hydrogen-bond donors (Lipinski definition) is 1. The summed E-state index contributed by atoms with van der Waals surface area (Å²) < 4.78 is 39.2. The van der Waals surface area contributed by atoms with Crippen LogP contribution in [0.1, 0.15) is 17.1 Å². The maximum absolute atomic E-state index is 13.1. The zero-order chi connectivity index (χ0) is 17.3. The highest BCUT2D eigenvalue weighted by Gasteiger charge is 2.36. The second kappa shape index (κ2) is 6.10. The van der Waals surface area contributed by atoms with Crippen molar-refractivity contribution in [2.75, 3.05) is 18.5 Å². The van der Waals surface area contributed by atoms with Crippen molar-refractivity contribution in [1.82, 2.24) is 19.9 Å². The van der Waals surface area contributed by atoms with E-state index in [1.54, 1.807) is 37.3 Å². The number of rotatable bonds is 4. The van der Waals surface area contributed by atoms with Crippen LogP contribution in [0.2, 0.25) is 0 Å². The predicted octanol–water partition coefficient (Wildman–Crippen LogP) is 3.36. The van der Waals surface area contributed by atoms with E-state index in [4.69, 9.17) is 0 Å². The van der Waals surface area contributed by atoms with Gasteiger partial charge in [-0.05, 0) is 37.1 Å². The number of anilines is 1. The first-order chi connectivity index (χ1) is 11.3. The molecule has 0 spiro atoms. The van der Waals surface area contributed by atoms with Crippen LogP contribution in [-0.2, 0) is 12.6 Å². The van der Waals surface area contributed by atoms with Gasteiger partial charge in [-0.1, -0.05) is 0 Å². The Balaban J connectivity index is 1.94. The van der Waals surface area contributed by atoms with Gasteiger partial charge in [0.25, 0.3) is 0 Å². The highest BCUT2D eigenvalue weighted by Crippen LogP contribution is 2.31. The molecular weight excluding hydrogens is 319 g/mol. The molecule has 3 rings (SSSR count). The van der Waals surface area contributed by atoms with Crippen LogP contribution in [0.15, 0.2) is 30.6 Å². The average Bonchev–Trinajstić information content (AvgIpc) is 2.92. The summed E-state index contributed by atoms with van der Waals surface area (Å²) in [5.74, 6) is -0.867. The summed E-state index contributed by atoms with van der Waals surface area (Å²) in [5, 5.41) is 0.581. The Morgan fingerprint density at radius 2 is 1.88 bits per heavy atom. The molecule has 24 heavy (non-hydrogen) atoms. The number of hydrogen-bond acceptors (Lipinski definition) is 4. The van der Waals surface area contributed by atoms with Crippen LogP contribution in [0.25, 0.3) is 11.0 Å². The van der Waals surface area contributed by atoms with Gasteiger partial charge < -0.3 is 9.88 Å². The van der Waals surface area contributed by atoms with E-state index < -0.39 is 12.0 Å². The van der Waals surface area contributed by atoms with Gasteiger partial charge in [0.2, 0.25) is 5.82 Å². The summed E-state index contributed by atoms with van der Waals surface area (Å²) in [6.07, 6.45) is -0.534. The SMILES string of the molecule is Cc1cc2c(N(C)CCc3ccncc3)nc(C(F)(F)F)nc2[nH]1. The maximum Gasteiger partial charge on any atom is 0.451 e. The summed E-state index contributed by atoms with van der Waals surface area (Å²) in [4.78, 5) is 15.9. The Bertz CT molecular complexity index is 842. The van der Waals surface area contributed by atoms with E-state index in [9.17, 15) is 13.2 Å². The lowest BCUT2D eigenvalue weighted by Crippen LogP contribution is -2.23. The Morgan fingerprint density at radius 3 is 2.54 bits per heavy atom. The molecule has 5 nitrogen and oxygen atoms in total. The zero-order valence-electron chi connectivity index (χ0n) is 13.2. The van der Waals surface area contributed by atoms with Gasteiger partial charge in [0.05, 0.1) is 5.39 Å². The van der Waals surface area contributed by atoms with Crippen LogP contribution in [0, 0.1) is 6.92 Å². The van der Waals surface area contributed by atoms with Crippen molar-refractivity contribution < 1.29 is 13.2 Å². The van der Waals surface area contributed by atoms with E-state index >= 15 is 0 Å². The molecule has 126 valence electrons. The van der Waals surface area contributed by atoms with E-state index in [1.807, 2.05) is 12.1 Å². The zero-order valence-corrected chi connectivity index (χ0v) is 13.2. The number of alkyl halides is 3. The van der Waals surface area contributed by atoms with Gasteiger partial charge in [0.1, 0.15) is 11.5 Å². The Labute approximate surface area is 136 Å². The van der Waals surface area contributed by atoms with Crippen molar-refractivity contribution in [1.29, 1.82) is 0 Å². The molecule has 0 aliphatic carbocycles. The first-order valence-electron chi connectivity index (χ1n) is 7.39. The van der Waals surface area contributed by atoms with Crippen LogP contribution in [0.3, 0.4) is 0 Å². The third kappa shape index (κ3) is 3.32. The summed E-state index contributed by atoms with van der Waals surface area (Å²) in [6, 6.07) is 5.52. The van der Waals surface area contributed by atoms with Gasteiger partial charge in [-0.15, -0.1) is 0 Å². The van der Waals surface area contributed by atoms with Crippen LogP contribution < -0.4 is 4.90 Å². The van der Waals surface area contributed by atoms with Gasteiger partial charge in [-0.3, -0.25) is 4.98 Å². The molecule has 3 aromatic heterocycles. The number of H-pyrrole nitrogens is 1. The van der Waals surface area contributed by atoms with Crippen molar-refractivity contribution in [2.45, 2.75) is 19.5 Å². The number of aromatic amines is 1. The van der Waals surface area contributed by atoms with Gasteiger partial charge >= 0.3 is 6.18 Å². The predicted molar refractivity (Wildman–Crippen MR) is 84.8 cm³/mol. The molecular formula is C16H16F3N5. The number of halogens is 3. The number of nitrogens with zero attached hydrogens (tertiary/aromatic N) is 4. The number of aromatic nitrogens is 4. The molecule has 0 aliphatic heterocycles. The van der Waals surface area contributed by atoms with Crippen LogP contribution >= 0.6 is 0 Å². The lowest BCUT2D eigenvalue weighted by atomic mass is 10.2. The molecule has 0 fully saturated rings. The molecule has 3 heterocycles. The van der Waals surface area contributed by atoms with E-state index in [0.29, 0.717) is 18.4 Å². The number of nitrogens with one attached hydrogen (secondary N) is 1. The molecule has 0 unspecified atom stereocenters. The standard InChI is InChI=1S/C16H16F3N5/c1-10-9-12-13(21-10)22-15(16(17,18)19)23-14(12)24(2)8-5-11-3-6-20-7-4-11/h3-4,6-7,9H,5,8H2,1-2H3,(H,21,22,23). The van der Waals surface area contributed by atoms with Gasteiger partial charge in [0.15, 0.2) is 0 Å². The number of likely N-dealkylation sites (N-methyl/N-ethyl adjacent to an activating group) is 1. The molecule has 0 saturated heterocycles. The summed E-state index contributed by atoms with van der Waals surface area (Å²) >= 11 is 0. The van der Waals surface area contributed by atoms with Gasteiger partial charge in [-0.2, -0.15) is 13.2 Å². The van der Waals surface area contributed by atoms with Crippen LogP contribution in [0.4, 0.5) is 19.0 Å². The highest BCUT2D eigenvalue weighted by atomic mass is 19.4. The molecule has 3 aromatic rings. The number of aryl methyl sites for hydroxylation is 1. The van der Waals surface area contributed by atoms with Crippen molar-refractivity contribution >= 4 is 16.9 Å². The van der Waals surface area contributed by atoms with Crippen molar-refractivity contribution in [3.8, 4) is 0 Å². The summed E-state index contributed by atoms with van der Waals surface area (Å²) in [5.41, 5.74) is 1.99. The molecule has 0 aromatic carbocycles. The topological polar surface area (TPSA) is 57.7 Å². The summed E-state index contributed by atoms with van der Waals surface area (Å²) in [6.45, 7) is 2.30. The van der Waals surface area contributed by atoms with E-state index in [2.05, 4.69) is 19.9 Å². The van der Waals surface area contributed by atoms with Crippen molar-refractivity contribution in [2.24, 2.45) is 0 Å². The van der Waals surface area contributed by atoms with E-state index in [-0.39, 0.29) is 11.5 Å². The fourth-order valence-electron chi connectivity index (χ4n) is 2.50. The molecule has 0 amide bonds. The summed E-state index contributed by atoms with van der Waals surface area (Å²) in [7, 11) is 1.73. The Kier molecular flexibility index (Phi) is 4.13. The Hall–Kier alpha value is -2.64. The monoisotopic (exact) mass is 335 g/mol. The smallest absolute Gasteiger partial charge is 0.359 e. The highest BCUT2D eigenvalue weighted by molar-refractivity contribution is 5.88. The minimum Gasteiger partial charge on any atom is -0.359 e. The van der Waals surface area contributed by atoms with Crippen molar-refractivity contribution in [3.05, 3.63) is 47.7 Å². The second-order valence-electron chi connectivity index (χ2n) is 5.61. The quantitative estimate of drug-likeness (QED) is 0.794. The largest absolute Gasteiger partial charge is 0.451 e. The first kappa shape index (κ1) is 16.2. The minimum absolute atomic E-state index is 0.195.